The fourth-order valence-electron chi connectivity index (χ4n) is 2.19. The predicted molar refractivity (Wildman–Crippen MR) is 95.7 cm³/mol. The summed E-state index contributed by atoms with van der Waals surface area (Å²) in [4.78, 5) is 16.4. The fourth-order valence-corrected chi connectivity index (χ4v) is 2.19. The number of carbonyl (C=O) groups excluding carboxylic acids is 1. The van der Waals surface area contributed by atoms with Gasteiger partial charge in [-0.2, -0.15) is 0 Å². The highest BCUT2D eigenvalue weighted by Gasteiger charge is 2.12. The lowest BCUT2D eigenvalue weighted by Crippen LogP contribution is -2.14. The SMILES string of the molecule is Cc1ccc(C#Cc2ccc(F)c(C(=O)Nc3ccc(F)cc3)c2)cn1. The Labute approximate surface area is 149 Å². The topological polar surface area (TPSA) is 42.0 Å². The monoisotopic (exact) mass is 348 g/mol. The van der Waals surface area contributed by atoms with Gasteiger partial charge in [0.05, 0.1) is 5.56 Å². The summed E-state index contributed by atoms with van der Waals surface area (Å²) >= 11 is 0. The Kier molecular flexibility index (Phi) is 5.04. The molecule has 0 atom stereocenters. The van der Waals surface area contributed by atoms with Gasteiger partial charge in [-0.05, 0) is 61.5 Å². The van der Waals surface area contributed by atoms with Crippen LogP contribution in [0.4, 0.5) is 14.5 Å². The summed E-state index contributed by atoms with van der Waals surface area (Å²) in [6, 6.07) is 13.0. The summed E-state index contributed by atoms with van der Waals surface area (Å²) < 4.78 is 26.9. The highest BCUT2D eigenvalue weighted by molar-refractivity contribution is 6.04. The number of nitrogens with one attached hydrogen (secondary N) is 1. The molecule has 3 nitrogen and oxygen atoms in total. The molecule has 0 aliphatic heterocycles. The summed E-state index contributed by atoms with van der Waals surface area (Å²) in [6.07, 6.45) is 1.65. The first-order chi connectivity index (χ1) is 12.5. The minimum atomic E-state index is -0.660. The average molecular weight is 348 g/mol. The number of hydrogen-bond acceptors (Lipinski definition) is 2. The van der Waals surface area contributed by atoms with Gasteiger partial charge >= 0.3 is 0 Å². The molecule has 0 aliphatic carbocycles. The van der Waals surface area contributed by atoms with Gasteiger partial charge in [0.25, 0.3) is 5.91 Å². The van der Waals surface area contributed by atoms with E-state index in [1.165, 1.54) is 42.5 Å². The largest absolute Gasteiger partial charge is 0.322 e. The lowest BCUT2D eigenvalue weighted by atomic mass is 10.1. The molecule has 1 aromatic heterocycles. The molecule has 128 valence electrons. The maximum atomic E-state index is 14.0. The maximum Gasteiger partial charge on any atom is 0.258 e. The highest BCUT2D eigenvalue weighted by Crippen LogP contribution is 2.14. The number of nitrogens with zero attached hydrogens (tertiary/aromatic N) is 1. The molecule has 3 aromatic rings. The Morgan fingerprint density at radius 3 is 2.35 bits per heavy atom. The van der Waals surface area contributed by atoms with Gasteiger partial charge in [0.2, 0.25) is 0 Å². The number of carbonyl (C=O) groups is 1. The quantitative estimate of drug-likeness (QED) is 0.701. The van der Waals surface area contributed by atoms with Crippen LogP contribution in [0.1, 0.15) is 27.2 Å². The smallest absolute Gasteiger partial charge is 0.258 e. The number of amides is 1. The Balaban J connectivity index is 1.82. The molecule has 3 rings (SSSR count). The van der Waals surface area contributed by atoms with Gasteiger partial charge in [-0.3, -0.25) is 9.78 Å². The molecule has 1 amide bonds. The summed E-state index contributed by atoms with van der Waals surface area (Å²) in [5.74, 6) is 4.10. The second-order valence-corrected chi connectivity index (χ2v) is 5.59. The third-order valence-corrected chi connectivity index (χ3v) is 3.58. The molecule has 2 aromatic carbocycles. The number of anilines is 1. The van der Waals surface area contributed by atoms with Crippen molar-refractivity contribution < 1.29 is 13.6 Å². The molecule has 0 aliphatic rings. The molecule has 0 fully saturated rings. The van der Waals surface area contributed by atoms with E-state index < -0.39 is 17.5 Å². The Hall–Kier alpha value is -3.52. The predicted octanol–water partition coefficient (Wildman–Crippen LogP) is 4.32. The van der Waals surface area contributed by atoms with Crippen LogP contribution in [0.3, 0.4) is 0 Å². The first-order valence-electron chi connectivity index (χ1n) is 7.82. The van der Waals surface area contributed by atoms with Crippen molar-refractivity contribution in [1.82, 2.24) is 4.98 Å². The molecular weight excluding hydrogens is 334 g/mol. The molecule has 0 saturated carbocycles. The van der Waals surface area contributed by atoms with Gasteiger partial charge < -0.3 is 5.32 Å². The second-order valence-electron chi connectivity index (χ2n) is 5.59. The second kappa shape index (κ2) is 7.58. The average Bonchev–Trinajstić information content (AvgIpc) is 2.64. The third-order valence-electron chi connectivity index (χ3n) is 3.58. The molecule has 0 bridgehead atoms. The van der Waals surface area contributed by atoms with Crippen molar-refractivity contribution in [3.05, 3.63) is 94.8 Å². The van der Waals surface area contributed by atoms with Crippen LogP contribution in [0.5, 0.6) is 0 Å². The van der Waals surface area contributed by atoms with Gasteiger partial charge in [-0.1, -0.05) is 11.8 Å². The van der Waals surface area contributed by atoms with Crippen molar-refractivity contribution in [2.75, 3.05) is 5.32 Å². The van der Waals surface area contributed by atoms with E-state index in [0.29, 0.717) is 11.3 Å². The van der Waals surface area contributed by atoms with Crippen LogP contribution >= 0.6 is 0 Å². The first kappa shape index (κ1) is 17.3. The maximum absolute atomic E-state index is 14.0. The highest BCUT2D eigenvalue weighted by atomic mass is 19.1. The van der Waals surface area contributed by atoms with E-state index in [-0.39, 0.29) is 5.56 Å². The summed E-state index contributed by atoms with van der Waals surface area (Å²) in [6.45, 7) is 1.88. The van der Waals surface area contributed by atoms with Crippen LogP contribution in [0, 0.1) is 30.4 Å². The lowest BCUT2D eigenvalue weighted by molar-refractivity contribution is 0.102. The number of pyridine rings is 1. The molecule has 1 N–H and O–H groups in total. The fraction of sp³-hybridized carbons (Fsp3) is 0.0476. The zero-order valence-corrected chi connectivity index (χ0v) is 13.9. The summed E-state index contributed by atoms with van der Waals surface area (Å²) in [7, 11) is 0. The van der Waals surface area contributed by atoms with Gasteiger partial charge in [-0.25, -0.2) is 8.78 Å². The van der Waals surface area contributed by atoms with Crippen molar-refractivity contribution in [1.29, 1.82) is 0 Å². The van der Waals surface area contributed by atoms with Crippen molar-refractivity contribution in [2.24, 2.45) is 0 Å². The normalized spacial score (nSPS) is 9.96. The number of hydrogen-bond donors (Lipinski definition) is 1. The minimum absolute atomic E-state index is 0.136. The zero-order chi connectivity index (χ0) is 18.5. The number of benzene rings is 2. The number of aryl methyl sites for hydroxylation is 1. The number of rotatable bonds is 2. The van der Waals surface area contributed by atoms with E-state index in [4.69, 9.17) is 0 Å². The number of halogens is 2. The van der Waals surface area contributed by atoms with Gasteiger partial charge in [0.15, 0.2) is 0 Å². The van der Waals surface area contributed by atoms with Crippen LogP contribution in [0.25, 0.3) is 0 Å². The molecule has 0 unspecified atom stereocenters. The van der Waals surface area contributed by atoms with Crippen LogP contribution in [0.15, 0.2) is 60.8 Å². The minimum Gasteiger partial charge on any atom is -0.322 e. The molecule has 26 heavy (non-hydrogen) atoms. The van der Waals surface area contributed by atoms with Crippen molar-refractivity contribution in [2.45, 2.75) is 6.92 Å². The van der Waals surface area contributed by atoms with E-state index in [1.807, 2.05) is 19.1 Å². The van der Waals surface area contributed by atoms with Crippen LogP contribution in [-0.2, 0) is 0 Å². The first-order valence-corrected chi connectivity index (χ1v) is 7.82. The Morgan fingerprint density at radius 2 is 1.65 bits per heavy atom. The van der Waals surface area contributed by atoms with Gasteiger partial charge in [-0.15, -0.1) is 0 Å². The lowest BCUT2D eigenvalue weighted by Gasteiger charge is -2.06. The Morgan fingerprint density at radius 1 is 0.962 bits per heavy atom. The van der Waals surface area contributed by atoms with E-state index >= 15 is 0 Å². The standard InChI is InChI=1S/C21H14F2N2O/c1-14-2-3-16(13-24-14)5-4-15-6-11-20(23)19(12-15)21(26)25-18-9-7-17(22)8-10-18/h2-3,6-13H,1H3,(H,25,26). The molecule has 5 heteroatoms. The van der Waals surface area contributed by atoms with E-state index in [9.17, 15) is 13.6 Å². The molecule has 0 spiro atoms. The van der Waals surface area contributed by atoms with E-state index in [0.717, 1.165) is 11.3 Å². The molecular formula is C21H14F2N2O. The summed E-state index contributed by atoms with van der Waals surface area (Å²) in [5, 5.41) is 2.53. The molecule has 0 radical (unpaired) electrons. The van der Waals surface area contributed by atoms with Gasteiger partial charge in [0.1, 0.15) is 11.6 Å². The van der Waals surface area contributed by atoms with Gasteiger partial charge in [0, 0.05) is 28.7 Å². The third kappa shape index (κ3) is 4.31. The summed E-state index contributed by atoms with van der Waals surface area (Å²) in [5.41, 5.74) is 2.34. The molecule has 1 heterocycles. The van der Waals surface area contributed by atoms with E-state index in [2.05, 4.69) is 22.1 Å². The van der Waals surface area contributed by atoms with Crippen LogP contribution in [0.2, 0.25) is 0 Å². The van der Waals surface area contributed by atoms with E-state index in [1.54, 1.807) is 6.20 Å². The van der Waals surface area contributed by atoms with Crippen molar-refractivity contribution in [3.63, 3.8) is 0 Å². The number of aromatic nitrogens is 1. The Bertz CT molecular complexity index is 1000. The van der Waals surface area contributed by atoms with Crippen molar-refractivity contribution >= 4 is 11.6 Å². The van der Waals surface area contributed by atoms with Crippen molar-refractivity contribution in [3.8, 4) is 11.8 Å². The van der Waals surface area contributed by atoms with Crippen LogP contribution < -0.4 is 5.32 Å². The van der Waals surface area contributed by atoms with Crippen LogP contribution in [-0.4, -0.2) is 10.9 Å². The zero-order valence-electron chi connectivity index (χ0n) is 13.9. The molecule has 0 saturated heterocycles.